The molecule has 0 bridgehead atoms. The number of nitrogens with two attached hydrogens (primary N) is 1. The number of carbonyl (C=O) groups is 1. The molecule has 0 unspecified atom stereocenters. The molecule has 5 rings (SSSR count). The lowest BCUT2D eigenvalue weighted by Gasteiger charge is -2.26. The highest BCUT2D eigenvalue weighted by molar-refractivity contribution is 5.95. The number of ether oxygens (including phenoxy) is 1. The van der Waals surface area contributed by atoms with Crippen LogP contribution in [0.5, 0.6) is 0 Å². The Morgan fingerprint density at radius 2 is 2.00 bits per heavy atom. The molecule has 9 heteroatoms. The van der Waals surface area contributed by atoms with Crippen molar-refractivity contribution >= 4 is 22.8 Å². The highest BCUT2D eigenvalue weighted by Gasteiger charge is 2.15. The number of carbonyl (C=O) groups excluding carboxylic acids is 1. The standard InChI is InChI=1S/C24H24N6O3/c25-22-19(24-29-20-4-5-26-15-21(20)33-24)13-18(14-28-22)16-2-1-3-17(12-16)23(31)27-6-7-30-8-10-32-11-9-30/h1-5,12-15H,6-11H2,(H2,25,28)(H,27,31). The van der Waals surface area contributed by atoms with Crippen molar-refractivity contribution in [2.75, 3.05) is 45.1 Å². The normalized spacial score (nSPS) is 14.4. The van der Waals surface area contributed by atoms with Gasteiger partial charge in [0.05, 0.1) is 25.0 Å². The third kappa shape index (κ3) is 4.69. The Kier molecular flexibility index (Phi) is 5.97. The number of benzene rings is 1. The Morgan fingerprint density at radius 3 is 2.85 bits per heavy atom. The lowest BCUT2D eigenvalue weighted by Crippen LogP contribution is -2.41. The molecule has 0 aliphatic carbocycles. The van der Waals surface area contributed by atoms with Crippen molar-refractivity contribution < 1.29 is 13.9 Å². The van der Waals surface area contributed by atoms with Gasteiger partial charge in [0.2, 0.25) is 5.89 Å². The first kappa shape index (κ1) is 21.0. The van der Waals surface area contributed by atoms with Crippen molar-refractivity contribution in [1.82, 2.24) is 25.2 Å². The molecule has 0 saturated carbocycles. The molecule has 1 saturated heterocycles. The first-order valence-corrected chi connectivity index (χ1v) is 10.8. The van der Waals surface area contributed by atoms with Gasteiger partial charge in [-0.3, -0.25) is 14.7 Å². The third-order valence-electron chi connectivity index (χ3n) is 5.62. The molecule has 0 atom stereocenters. The van der Waals surface area contributed by atoms with Crippen LogP contribution in [0.4, 0.5) is 5.82 Å². The predicted octanol–water partition coefficient (Wildman–Crippen LogP) is 2.60. The number of fused-ring (bicyclic) bond motifs is 1. The Morgan fingerprint density at radius 1 is 1.12 bits per heavy atom. The maximum atomic E-state index is 12.7. The van der Waals surface area contributed by atoms with E-state index in [0.717, 1.165) is 44.0 Å². The summed E-state index contributed by atoms with van der Waals surface area (Å²) >= 11 is 0. The van der Waals surface area contributed by atoms with E-state index in [9.17, 15) is 4.79 Å². The number of aromatic nitrogens is 3. The van der Waals surface area contributed by atoms with Crippen molar-refractivity contribution in [3.63, 3.8) is 0 Å². The average molecular weight is 444 g/mol. The number of nitrogens with zero attached hydrogens (tertiary/aromatic N) is 4. The number of oxazole rings is 1. The van der Waals surface area contributed by atoms with E-state index in [2.05, 4.69) is 25.2 Å². The van der Waals surface area contributed by atoms with Crippen LogP contribution in [0.15, 0.2) is 59.4 Å². The van der Waals surface area contributed by atoms with E-state index in [4.69, 9.17) is 14.9 Å². The molecular weight excluding hydrogens is 420 g/mol. The van der Waals surface area contributed by atoms with Crippen LogP contribution >= 0.6 is 0 Å². The van der Waals surface area contributed by atoms with E-state index in [1.54, 1.807) is 30.7 Å². The van der Waals surface area contributed by atoms with Crippen molar-refractivity contribution in [3.8, 4) is 22.6 Å². The summed E-state index contributed by atoms with van der Waals surface area (Å²) in [7, 11) is 0. The van der Waals surface area contributed by atoms with Gasteiger partial charge in [-0.2, -0.15) is 0 Å². The van der Waals surface area contributed by atoms with Crippen LogP contribution in [-0.2, 0) is 4.74 Å². The molecule has 4 aromatic rings. The number of anilines is 1. The van der Waals surface area contributed by atoms with Crippen LogP contribution < -0.4 is 11.1 Å². The minimum absolute atomic E-state index is 0.111. The molecule has 1 amide bonds. The average Bonchev–Trinajstić information content (AvgIpc) is 3.29. The molecule has 33 heavy (non-hydrogen) atoms. The molecule has 1 aliphatic rings. The van der Waals surface area contributed by atoms with Gasteiger partial charge in [0.1, 0.15) is 11.3 Å². The summed E-state index contributed by atoms with van der Waals surface area (Å²) in [6, 6.07) is 11.1. The first-order chi connectivity index (χ1) is 16.2. The molecule has 1 fully saturated rings. The molecule has 3 aromatic heterocycles. The van der Waals surface area contributed by atoms with E-state index < -0.39 is 0 Å². The van der Waals surface area contributed by atoms with Crippen LogP contribution in [0, 0.1) is 0 Å². The summed E-state index contributed by atoms with van der Waals surface area (Å²) in [5.41, 5.74) is 10.2. The lowest BCUT2D eigenvalue weighted by molar-refractivity contribution is 0.0383. The van der Waals surface area contributed by atoms with E-state index in [1.807, 2.05) is 24.3 Å². The zero-order valence-corrected chi connectivity index (χ0v) is 18.0. The topological polar surface area (TPSA) is 119 Å². The number of morpholine rings is 1. The smallest absolute Gasteiger partial charge is 0.251 e. The molecule has 168 valence electrons. The third-order valence-corrected chi connectivity index (χ3v) is 5.62. The quantitative estimate of drug-likeness (QED) is 0.466. The van der Waals surface area contributed by atoms with E-state index in [1.165, 1.54) is 0 Å². The molecule has 3 N–H and O–H groups in total. The number of hydrogen-bond donors (Lipinski definition) is 2. The van der Waals surface area contributed by atoms with Crippen LogP contribution in [0.25, 0.3) is 33.7 Å². The van der Waals surface area contributed by atoms with Gasteiger partial charge in [-0.05, 0) is 29.8 Å². The SMILES string of the molecule is Nc1ncc(-c2cccc(C(=O)NCCN3CCOCC3)c2)cc1-c1nc2ccncc2o1. The number of rotatable bonds is 6. The highest BCUT2D eigenvalue weighted by atomic mass is 16.5. The summed E-state index contributed by atoms with van der Waals surface area (Å²) < 4.78 is 11.2. The number of amides is 1. The number of nitrogen functional groups attached to an aromatic ring is 1. The second kappa shape index (κ2) is 9.35. The fraction of sp³-hybridized carbons (Fsp3) is 0.250. The summed E-state index contributed by atoms with van der Waals surface area (Å²) in [6.07, 6.45) is 4.95. The Bertz CT molecular complexity index is 1250. The van der Waals surface area contributed by atoms with Gasteiger partial charge < -0.3 is 20.2 Å². The van der Waals surface area contributed by atoms with E-state index in [-0.39, 0.29) is 5.91 Å². The maximum Gasteiger partial charge on any atom is 0.251 e. The van der Waals surface area contributed by atoms with Crippen molar-refractivity contribution in [2.24, 2.45) is 0 Å². The summed E-state index contributed by atoms with van der Waals surface area (Å²) in [4.78, 5) is 27.8. The van der Waals surface area contributed by atoms with Crippen molar-refractivity contribution in [2.45, 2.75) is 0 Å². The predicted molar refractivity (Wildman–Crippen MR) is 124 cm³/mol. The minimum atomic E-state index is -0.111. The summed E-state index contributed by atoms with van der Waals surface area (Å²) in [6.45, 7) is 4.67. The fourth-order valence-electron chi connectivity index (χ4n) is 3.79. The highest BCUT2D eigenvalue weighted by Crippen LogP contribution is 2.31. The van der Waals surface area contributed by atoms with Gasteiger partial charge >= 0.3 is 0 Å². The van der Waals surface area contributed by atoms with Gasteiger partial charge in [0.15, 0.2) is 5.58 Å². The number of nitrogens with one attached hydrogen (secondary N) is 1. The molecule has 4 heterocycles. The first-order valence-electron chi connectivity index (χ1n) is 10.8. The number of hydrogen-bond acceptors (Lipinski definition) is 8. The van der Waals surface area contributed by atoms with Gasteiger partial charge in [0, 0.05) is 49.7 Å². The van der Waals surface area contributed by atoms with Crippen LogP contribution in [0.2, 0.25) is 0 Å². The molecule has 1 aromatic carbocycles. The van der Waals surface area contributed by atoms with E-state index >= 15 is 0 Å². The van der Waals surface area contributed by atoms with Gasteiger partial charge in [-0.25, -0.2) is 9.97 Å². The zero-order chi connectivity index (χ0) is 22.6. The largest absolute Gasteiger partial charge is 0.434 e. The van der Waals surface area contributed by atoms with Gasteiger partial charge in [0.25, 0.3) is 5.91 Å². The minimum Gasteiger partial charge on any atom is -0.434 e. The second-order valence-electron chi connectivity index (χ2n) is 7.81. The molecule has 0 radical (unpaired) electrons. The van der Waals surface area contributed by atoms with Crippen LogP contribution in [-0.4, -0.2) is 65.2 Å². The maximum absolute atomic E-state index is 12.7. The van der Waals surface area contributed by atoms with Crippen LogP contribution in [0.3, 0.4) is 0 Å². The van der Waals surface area contributed by atoms with E-state index in [0.29, 0.717) is 40.5 Å². The Hall–Kier alpha value is -3.82. The zero-order valence-electron chi connectivity index (χ0n) is 18.0. The van der Waals surface area contributed by atoms with Gasteiger partial charge in [-0.15, -0.1) is 0 Å². The number of pyridine rings is 2. The van der Waals surface area contributed by atoms with Crippen LogP contribution in [0.1, 0.15) is 10.4 Å². The molecule has 9 nitrogen and oxygen atoms in total. The Balaban J connectivity index is 1.33. The van der Waals surface area contributed by atoms with Crippen molar-refractivity contribution in [3.05, 3.63) is 60.6 Å². The summed E-state index contributed by atoms with van der Waals surface area (Å²) in [5.74, 6) is 0.581. The fourth-order valence-corrected chi connectivity index (χ4v) is 3.79. The Labute approximate surface area is 190 Å². The second-order valence-corrected chi connectivity index (χ2v) is 7.81. The van der Waals surface area contributed by atoms with Gasteiger partial charge in [-0.1, -0.05) is 12.1 Å². The lowest BCUT2D eigenvalue weighted by atomic mass is 10.0. The molecular formula is C24H24N6O3. The molecule has 1 aliphatic heterocycles. The molecule has 0 spiro atoms. The summed E-state index contributed by atoms with van der Waals surface area (Å²) in [5, 5.41) is 3.00. The van der Waals surface area contributed by atoms with Crippen molar-refractivity contribution in [1.29, 1.82) is 0 Å². The monoisotopic (exact) mass is 444 g/mol.